The van der Waals surface area contributed by atoms with Gasteiger partial charge in [0.2, 0.25) is 0 Å². The molecule has 0 radical (unpaired) electrons. The van der Waals surface area contributed by atoms with Crippen LogP contribution in [0, 0.1) is 0 Å². The van der Waals surface area contributed by atoms with Gasteiger partial charge in [0.15, 0.2) is 5.90 Å². The quantitative estimate of drug-likeness (QED) is 0.444. The average Bonchev–Trinajstić information content (AvgIpc) is 1.97. The van der Waals surface area contributed by atoms with Crippen LogP contribution >= 0.6 is 34.7 Å². The first-order chi connectivity index (χ1) is 6.96. The molecule has 0 bridgehead atoms. The summed E-state index contributed by atoms with van der Waals surface area (Å²) in [6.45, 7) is 19.5. The van der Waals surface area contributed by atoms with Crippen molar-refractivity contribution >= 4 is 34.7 Å². The van der Waals surface area contributed by atoms with Crippen molar-refractivity contribution in [1.82, 2.24) is 0 Å². The zero-order valence-corrected chi connectivity index (χ0v) is 17.6. The van der Waals surface area contributed by atoms with Gasteiger partial charge < -0.3 is 0 Å². The topological polar surface area (TPSA) is 0 Å². The van der Waals surface area contributed by atoms with Gasteiger partial charge >= 0.3 is 35.3 Å². The van der Waals surface area contributed by atoms with Gasteiger partial charge in [0, 0.05) is 29.2 Å². The molecular weight excluding hydrogens is 460 g/mol. The van der Waals surface area contributed by atoms with Crippen molar-refractivity contribution in [3.63, 3.8) is 0 Å². The third-order valence-electron chi connectivity index (χ3n) is 2.34. The van der Waals surface area contributed by atoms with Crippen molar-refractivity contribution < 1.29 is 16.5 Å². The fourth-order valence-electron chi connectivity index (χ4n) is 2.01. The van der Waals surface area contributed by atoms with Crippen LogP contribution in [0.15, 0.2) is 0 Å². The van der Waals surface area contributed by atoms with E-state index in [-0.39, 0.29) is 15.8 Å². The average molecular weight is 488 g/mol. The number of hydrogen-bond acceptors (Lipinski definition) is 0. The molecule has 0 nitrogen and oxygen atoms in total. The van der Waals surface area contributed by atoms with Crippen LogP contribution in [-0.4, -0.2) is 29.5 Å². The van der Waals surface area contributed by atoms with E-state index < -0.39 is 16.5 Å². The van der Waals surface area contributed by atoms with Crippen LogP contribution in [0.2, 0.25) is 0 Å². The first-order valence-corrected chi connectivity index (χ1v) is 15.5. The monoisotopic (exact) mass is 487 g/mol. The van der Waals surface area contributed by atoms with E-state index in [0.717, 1.165) is 0 Å². The van der Waals surface area contributed by atoms with Crippen LogP contribution in [0.5, 0.6) is 0 Å². The molecule has 0 unspecified atom stereocenters. The third-order valence-corrected chi connectivity index (χ3v) is 10.2. The van der Waals surface area contributed by atoms with Crippen molar-refractivity contribution in [2.45, 2.75) is 51.9 Å². The van der Waals surface area contributed by atoms with Gasteiger partial charge in [-0.2, -0.15) is 0 Å². The fourth-order valence-corrected chi connectivity index (χ4v) is 11.3. The summed E-state index contributed by atoms with van der Waals surface area (Å²) < 4.78 is 0. The summed E-state index contributed by atoms with van der Waals surface area (Å²) in [6.07, 6.45) is 0. The molecular formula is C11H28Cl2P2Pt+2. The third kappa shape index (κ3) is 11.2. The Morgan fingerprint density at radius 1 is 0.875 bits per heavy atom. The van der Waals surface area contributed by atoms with E-state index in [1.54, 1.807) is 5.90 Å². The molecule has 5 heteroatoms. The predicted molar refractivity (Wildman–Crippen MR) is 84.6 cm³/mol. The molecule has 16 heavy (non-hydrogen) atoms. The Bertz CT molecular complexity index is 160. The van der Waals surface area contributed by atoms with Crippen LogP contribution in [0.3, 0.4) is 0 Å². The van der Waals surface area contributed by atoms with Gasteiger partial charge in [0.1, 0.15) is 0 Å². The Balaban J connectivity index is 0. The first kappa shape index (κ1) is 20.4. The van der Waals surface area contributed by atoms with Gasteiger partial charge in [-0.25, -0.2) is 0 Å². The van der Waals surface area contributed by atoms with E-state index in [4.69, 9.17) is 18.8 Å². The van der Waals surface area contributed by atoms with Crippen LogP contribution in [-0.2, 0) is 16.5 Å². The van der Waals surface area contributed by atoms with Crippen molar-refractivity contribution in [2.24, 2.45) is 0 Å². The minimum atomic E-state index is -0.472. The summed E-state index contributed by atoms with van der Waals surface area (Å²) in [5.41, 5.74) is 0. The van der Waals surface area contributed by atoms with E-state index >= 15 is 0 Å². The Kier molecular flexibility index (Phi) is 11.6. The zero-order chi connectivity index (χ0) is 13.6. The second kappa shape index (κ2) is 9.10. The number of hydrogen-bond donors (Lipinski definition) is 0. The Morgan fingerprint density at radius 3 is 1.19 bits per heavy atom. The van der Waals surface area contributed by atoms with Crippen LogP contribution in [0.4, 0.5) is 0 Å². The van der Waals surface area contributed by atoms with Crippen molar-refractivity contribution in [1.29, 1.82) is 0 Å². The van der Waals surface area contributed by atoms with E-state index in [0.29, 0.717) is 10.3 Å². The van der Waals surface area contributed by atoms with Crippen LogP contribution < -0.4 is 0 Å². The molecule has 0 atom stereocenters. The molecule has 0 aromatic carbocycles. The predicted octanol–water partition coefficient (Wildman–Crippen LogP) is 5.61. The summed E-state index contributed by atoms with van der Waals surface area (Å²) in [4.78, 5) is 0. The fraction of sp³-hybridized carbons (Fsp3) is 1.00. The Labute approximate surface area is 122 Å². The molecule has 0 aliphatic rings. The SMILES string of the molecule is C[PH+](C)C[PH+](C(C)(C)C)C(C)(C)C.[Cl][Pt][Cl]. The second-order valence-electron chi connectivity index (χ2n) is 6.41. The maximum absolute atomic E-state index is 4.88. The molecule has 0 aliphatic carbocycles. The Morgan fingerprint density at radius 2 is 1.12 bits per heavy atom. The van der Waals surface area contributed by atoms with Gasteiger partial charge in [0.25, 0.3) is 0 Å². The Hall–Kier alpha value is 2.13. The van der Waals surface area contributed by atoms with Gasteiger partial charge in [-0.15, -0.1) is 0 Å². The molecule has 0 saturated heterocycles. The van der Waals surface area contributed by atoms with E-state index in [2.05, 4.69) is 54.9 Å². The van der Waals surface area contributed by atoms with E-state index in [1.165, 1.54) is 0 Å². The maximum atomic E-state index is 4.88. The van der Waals surface area contributed by atoms with Gasteiger partial charge in [0.05, 0.1) is 10.3 Å². The molecule has 0 rings (SSSR count). The molecule has 0 fully saturated rings. The number of halogens is 2. The molecule has 0 aliphatic heterocycles. The standard InChI is InChI=1S/C11H26P2.2ClH.Pt/c1-10(2,3)13(9-12(7)8)11(4,5)6;;;/h9H2,1-8H3;2*1H;/q;;;+2. The summed E-state index contributed by atoms with van der Waals surface area (Å²) >= 11 is -0.472. The molecule has 0 saturated carbocycles. The van der Waals surface area contributed by atoms with Gasteiger partial charge in [-0.3, -0.25) is 0 Å². The summed E-state index contributed by atoms with van der Waals surface area (Å²) in [7, 11) is 9.47. The molecule has 0 aromatic heterocycles. The van der Waals surface area contributed by atoms with Crippen molar-refractivity contribution in [3.05, 3.63) is 0 Å². The first-order valence-electron chi connectivity index (χ1n) is 5.45. The van der Waals surface area contributed by atoms with Crippen LogP contribution in [0.1, 0.15) is 41.5 Å². The molecule has 0 heterocycles. The van der Waals surface area contributed by atoms with E-state index in [9.17, 15) is 0 Å². The summed E-state index contributed by atoms with van der Waals surface area (Å²) in [5, 5.41) is 1.12. The molecule has 104 valence electrons. The normalized spacial score (nSPS) is 13.0. The van der Waals surface area contributed by atoms with Gasteiger partial charge in [-0.1, -0.05) is 0 Å². The van der Waals surface area contributed by atoms with Crippen molar-refractivity contribution in [2.75, 3.05) is 19.2 Å². The zero-order valence-electron chi connectivity index (χ0n) is 11.8. The minimum absolute atomic E-state index is 0.0529. The summed E-state index contributed by atoms with van der Waals surface area (Å²) in [5.74, 6) is 1.54. The molecule has 0 amide bonds. The van der Waals surface area contributed by atoms with E-state index in [1.807, 2.05) is 0 Å². The van der Waals surface area contributed by atoms with Gasteiger partial charge in [-0.05, 0) is 41.5 Å². The summed E-state index contributed by atoms with van der Waals surface area (Å²) in [6, 6.07) is 0. The second-order valence-corrected chi connectivity index (χ2v) is 17.5. The number of rotatable bonds is 2. The molecule has 0 N–H and O–H groups in total. The molecule has 0 aromatic rings. The van der Waals surface area contributed by atoms with Crippen LogP contribution in [0.25, 0.3) is 0 Å². The molecule has 0 spiro atoms. The van der Waals surface area contributed by atoms with Crippen molar-refractivity contribution in [3.8, 4) is 0 Å².